The van der Waals surface area contributed by atoms with Gasteiger partial charge in [0, 0.05) is 6.10 Å². The van der Waals surface area contributed by atoms with Crippen LogP contribution in [0.15, 0.2) is 60.7 Å². The average Bonchev–Trinajstić information content (AvgIpc) is 2.41. The van der Waals surface area contributed by atoms with E-state index in [0.717, 1.165) is 0 Å². The molecule has 2 nitrogen and oxygen atoms in total. The number of rotatable bonds is 3. The molecule has 3 heteroatoms. The van der Waals surface area contributed by atoms with Crippen LogP contribution in [-0.2, 0) is 4.65 Å². The molecule has 0 aromatic heterocycles. The Labute approximate surface area is 110 Å². The molecule has 0 spiro atoms. The lowest BCUT2D eigenvalue weighted by Gasteiger charge is -1.98. The van der Waals surface area contributed by atoms with Gasteiger partial charge in [-0.15, -0.1) is 0 Å². The summed E-state index contributed by atoms with van der Waals surface area (Å²) in [6.07, 6.45) is 0.148. The van der Waals surface area contributed by atoms with Gasteiger partial charge in [0.2, 0.25) is 0 Å². The van der Waals surface area contributed by atoms with Gasteiger partial charge in [0.05, 0.1) is 0 Å². The molecular formula is C15H19BO2. The highest BCUT2D eigenvalue weighted by molar-refractivity contribution is 6.15. The summed E-state index contributed by atoms with van der Waals surface area (Å²) in [4.78, 5) is 0. The highest BCUT2D eigenvalue weighted by atomic mass is 16.5. The van der Waals surface area contributed by atoms with Gasteiger partial charge in [-0.1, -0.05) is 60.7 Å². The molecule has 1 N–H and O–H groups in total. The fraction of sp³-hybridized carbons (Fsp3) is 0.200. The maximum Gasteiger partial charge on any atom is 0.435 e. The Bertz CT molecular complexity index is 378. The van der Waals surface area contributed by atoms with Crippen LogP contribution in [0.4, 0.5) is 0 Å². The molecule has 0 atom stereocenters. The van der Waals surface area contributed by atoms with Crippen LogP contribution in [0.3, 0.4) is 0 Å². The molecule has 0 unspecified atom stereocenters. The Balaban J connectivity index is 0.000000232. The van der Waals surface area contributed by atoms with E-state index in [1.807, 2.05) is 26.0 Å². The molecule has 0 fully saturated rings. The monoisotopic (exact) mass is 242 g/mol. The molecule has 94 valence electrons. The first-order valence-electron chi connectivity index (χ1n) is 6.07. The van der Waals surface area contributed by atoms with E-state index in [0.29, 0.717) is 0 Å². The van der Waals surface area contributed by atoms with Crippen LogP contribution < -0.4 is 0 Å². The largest absolute Gasteiger partial charge is 0.435 e. The Morgan fingerprint density at radius 3 is 1.44 bits per heavy atom. The summed E-state index contributed by atoms with van der Waals surface area (Å²) in [5, 5.41) is 8.01. The van der Waals surface area contributed by atoms with Gasteiger partial charge in [0.25, 0.3) is 0 Å². The van der Waals surface area contributed by atoms with Crippen LogP contribution in [0, 0.1) is 0 Å². The minimum Gasteiger partial charge on any atom is -0.430 e. The summed E-state index contributed by atoms with van der Waals surface area (Å²) in [5.41, 5.74) is 2.55. The highest BCUT2D eigenvalue weighted by Gasteiger charge is 1.91. The summed E-state index contributed by atoms with van der Waals surface area (Å²) >= 11 is 0. The van der Waals surface area contributed by atoms with Crippen molar-refractivity contribution in [1.82, 2.24) is 0 Å². The van der Waals surface area contributed by atoms with Gasteiger partial charge in [0.15, 0.2) is 0 Å². The van der Waals surface area contributed by atoms with E-state index in [2.05, 4.69) is 53.2 Å². The Hall–Kier alpha value is -1.58. The van der Waals surface area contributed by atoms with Crippen molar-refractivity contribution < 1.29 is 9.68 Å². The van der Waals surface area contributed by atoms with Crippen molar-refractivity contribution in [1.29, 1.82) is 0 Å². The van der Waals surface area contributed by atoms with Crippen LogP contribution >= 0.6 is 0 Å². The fourth-order valence-corrected chi connectivity index (χ4v) is 1.41. The molecule has 0 radical (unpaired) electrons. The zero-order valence-corrected chi connectivity index (χ0v) is 10.9. The zero-order valence-electron chi connectivity index (χ0n) is 10.9. The second-order valence-corrected chi connectivity index (χ2v) is 4.08. The summed E-state index contributed by atoms with van der Waals surface area (Å²) in [6, 6.07) is 20.8. The Morgan fingerprint density at radius 2 is 1.22 bits per heavy atom. The summed E-state index contributed by atoms with van der Waals surface area (Å²) < 4.78 is 4.60. The van der Waals surface area contributed by atoms with E-state index in [1.165, 1.54) is 11.1 Å². The SMILES string of the molecule is CC(C)OBO.c1ccc(-c2ccccc2)cc1. The summed E-state index contributed by atoms with van der Waals surface area (Å²) in [7, 11) is -0.169. The lowest BCUT2D eigenvalue weighted by atomic mass is 10.1. The van der Waals surface area contributed by atoms with Crippen LogP contribution in [0.2, 0.25) is 0 Å². The van der Waals surface area contributed by atoms with Crippen molar-refractivity contribution >= 4 is 7.69 Å². The van der Waals surface area contributed by atoms with E-state index in [-0.39, 0.29) is 13.8 Å². The van der Waals surface area contributed by atoms with Crippen molar-refractivity contribution in [3.63, 3.8) is 0 Å². The summed E-state index contributed by atoms with van der Waals surface area (Å²) in [5.74, 6) is 0. The van der Waals surface area contributed by atoms with Gasteiger partial charge >= 0.3 is 7.69 Å². The molecule has 0 saturated heterocycles. The standard InChI is InChI=1S/C12H10.C3H9BO2/c1-3-7-11(8-4-1)12-9-5-2-6-10-12;1-3(2)6-4-5/h1-10H;3-5H,1-2H3. The fourth-order valence-electron chi connectivity index (χ4n) is 1.41. The van der Waals surface area contributed by atoms with E-state index in [4.69, 9.17) is 5.02 Å². The van der Waals surface area contributed by atoms with E-state index in [1.54, 1.807) is 0 Å². The molecule has 0 aliphatic carbocycles. The molecule has 0 saturated carbocycles. The quantitative estimate of drug-likeness (QED) is 0.838. The topological polar surface area (TPSA) is 29.5 Å². The van der Waals surface area contributed by atoms with Gasteiger partial charge in [-0.05, 0) is 25.0 Å². The molecule has 2 aromatic rings. The molecule has 0 amide bonds. The number of hydrogen-bond donors (Lipinski definition) is 1. The maximum atomic E-state index is 8.01. The van der Waals surface area contributed by atoms with Gasteiger partial charge in [-0.25, -0.2) is 0 Å². The maximum absolute atomic E-state index is 8.01. The average molecular weight is 242 g/mol. The normalized spacial score (nSPS) is 9.56. The van der Waals surface area contributed by atoms with Gasteiger partial charge in [0.1, 0.15) is 0 Å². The third kappa shape index (κ3) is 5.66. The highest BCUT2D eigenvalue weighted by Crippen LogP contribution is 2.17. The van der Waals surface area contributed by atoms with Crippen molar-refractivity contribution in [2.24, 2.45) is 0 Å². The predicted molar refractivity (Wildman–Crippen MR) is 77.5 cm³/mol. The van der Waals surface area contributed by atoms with E-state index >= 15 is 0 Å². The third-order valence-corrected chi connectivity index (χ3v) is 2.29. The lowest BCUT2D eigenvalue weighted by molar-refractivity contribution is 0.219. The molecular weight excluding hydrogens is 223 g/mol. The minimum atomic E-state index is -0.169. The van der Waals surface area contributed by atoms with Gasteiger partial charge in [-0.3, -0.25) is 0 Å². The number of hydrogen-bond acceptors (Lipinski definition) is 2. The third-order valence-electron chi connectivity index (χ3n) is 2.29. The second-order valence-electron chi connectivity index (χ2n) is 4.08. The number of benzene rings is 2. The smallest absolute Gasteiger partial charge is 0.430 e. The van der Waals surface area contributed by atoms with Gasteiger partial charge < -0.3 is 9.68 Å². The summed E-state index contributed by atoms with van der Waals surface area (Å²) in [6.45, 7) is 3.74. The van der Waals surface area contributed by atoms with E-state index < -0.39 is 0 Å². The van der Waals surface area contributed by atoms with Crippen molar-refractivity contribution in [3.05, 3.63) is 60.7 Å². The lowest BCUT2D eigenvalue weighted by Crippen LogP contribution is -2.05. The molecule has 0 aliphatic heterocycles. The van der Waals surface area contributed by atoms with E-state index in [9.17, 15) is 0 Å². The van der Waals surface area contributed by atoms with Crippen LogP contribution in [-0.4, -0.2) is 18.8 Å². The second kappa shape index (κ2) is 8.51. The molecule has 18 heavy (non-hydrogen) atoms. The van der Waals surface area contributed by atoms with Crippen LogP contribution in [0.25, 0.3) is 11.1 Å². The zero-order chi connectivity index (χ0) is 13.2. The molecule has 2 rings (SSSR count). The Kier molecular flexibility index (Phi) is 6.85. The molecule has 0 heterocycles. The minimum absolute atomic E-state index is 0.148. The first kappa shape index (κ1) is 14.5. The van der Waals surface area contributed by atoms with Crippen molar-refractivity contribution in [2.45, 2.75) is 20.0 Å². The van der Waals surface area contributed by atoms with Crippen LogP contribution in [0.1, 0.15) is 13.8 Å². The first-order chi connectivity index (χ1) is 8.74. The van der Waals surface area contributed by atoms with Crippen molar-refractivity contribution in [2.75, 3.05) is 0 Å². The first-order valence-corrected chi connectivity index (χ1v) is 6.07. The Morgan fingerprint density at radius 1 is 0.833 bits per heavy atom. The molecule has 0 bridgehead atoms. The molecule has 0 aliphatic rings. The van der Waals surface area contributed by atoms with Crippen LogP contribution in [0.5, 0.6) is 0 Å². The van der Waals surface area contributed by atoms with Gasteiger partial charge in [-0.2, -0.15) is 0 Å². The molecule has 2 aromatic carbocycles. The predicted octanol–water partition coefficient (Wildman–Crippen LogP) is 3.02. The van der Waals surface area contributed by atoms with Crippen molar-refractivity contribution in [3.8, 4) is 11.1 Å².